The molecule has 8 heteroatoms. The Morgan fingerprint density at radius 1 is 1.24 bits per heavy atom. The van der Waals surface area contributed by atoms with E-state index in [2.05, 4.69) is 21.4 Å². The summed E-state index contributed by atoms with van der Waals surface area (Å²) in [5.41, 5.74) is 2.94. The van der Waals surface area contributed by atoms with Crippen LogP contribution in [0, 0.1) is 23.7 Å². The van der Waals surface area contributed by atoms with E-state index in [-0.39, 0.29) is 11.9 Å². The smallest absolute Gasteiger partial charge is 0.239 e. The standard InChI is InChI=1S/C25H26N6OS/c1-15-10-19(29-14-28-15)17-11-20(33-12-17)25(4)21(22(32)31(5)23(27)30-25)16-6-8-18(9-7-16)24(2,3)13-26/h6-12,14,21H,1-5H3,(H2,27,30)/t21-,25+/m0/s1. The number of carbonyl (C=O) groups is 1. The number of hydrogen-bond acceptors (Lipinski definition) is 6. The highest BCUT2D eigenvalue weighted by Gasteiger charge is 2.49. The maximum absolute atomic E-state index is 13.5. The molecule has 1 aliphatic heterocycles. The average Bonchev–Trinajstić information content (AvgIpc) is 3.29. The minimum absolute atomic E-state index is 0.0637. The predicted molar refractivity (Wildman–Crippen MR) is 129 cm³/mol. The molecule has 2 N–H and O–H groups in total. The van der Waals surface area contributed by atoms with E-state index in [0.717, 1.165) is 33.0 Å². The number of hydrogen-bond donors (Lipinski definition) is 2. The summed E-state index contributed by atoms with van der Waals surface area (Å²) in [6.45, 7) is 7.63. The molecule has 1 aromatic carbocycles. The van der Waals surface area contributed by atoms with Gasteiger partial charge in [-0.05, 0) is 51.0 Å². The van der Waals surface area contributed by atoms with Crippen molar-refractivity contribution in [1.82, 2.24) is 20.2 Å². The quantitative estimate of drug-likeness (QED) is 0.606. The first kappa shape index (κ1) is 22.6. The van der Waals surface area contributed by atoms with Gasteiger partial charge in [-0.25, -0.2) is 9.97 Å². The summed E-state index contributed by atoms with van der Waals surface area (Å²) in [5.74, 6) is -0.635. The molecule has 0 spiro atoms. The maximum Gasteiger partial charge on any atom is 0.239 e. The third-order valence-corrected chi connectivity index (χ3v) is 7.49. The zero-order chi connectivity index (χ0) is 24.0. The van der Waals surface area contributed by atoms with Crippen molar-refractivity contribution in [1.29, 1.82) is 10.7 Å². The Kier molecular flexibility index (Phi) is 5.54. The first-order valence-electron chi connectivity index (χ1n) is 10.6. The van der Waals surface area contributed by atoms with Crippen molar-refractivity contribution in [3.63, 3.8) is 0 Å². The van der Waals surface area contributed by atoms with Gasteiger partial charge in [0.15, 0.2) is 5.96 Å². The highest BCUT2D eigenvalue weighted by Crippen LogP contribution is 2.44. The number of aryl methyl sites for hydroxylation is 1. The Morgan fingerprint density at radius 2 is 1.94 bits per heavy atom. The number of nitrogens with zero attached hydrogens (tertiary/aromatic N) is 4. The lowest BCUT2D eigenvalue weighted by atomic mass is 9.76. The highest BCUT2D eigenvalue weighted by molar-refractivity contribution is 7.10. The normalized spacial score (nSPS) is 21.0. The number of rotatable bonds is 4. The molecule has 33 heavy (non-hydrogen) atoms. The molecular formula is C25H26N6OS. The molecule has 1 aliphatic rings. The van der Waals surface area contributed by atoms with E-state index in [9.17, 15) is 10.1 Å². The van der Waals surface area contributed by atoms with Crippen molar-refractivity contribution in [2.45, 2.75) is 44.6 Å². The van der Waals surface area contributed by atoms with E-state index in [1.807, 2.05) is 69.5 Å². The first-order chi connectivity index (χ1) is 15.6. The Bertz CT molecular complexity index is 1270. The Hall–Kier alpha value is -3.57. The lowest BCUT2D eigenvalue weighted by Crippen LogP contribution is -2.62. The zero-order valence-electron chi connectivity index (χ0n) is 19.3. The molecule has 1 fully saturated rings. The predicted octanol–water partition coefficient (Wildman–Crippen LogP) is 4.31. The molecule has 3 aromatic rings. The van der Waals surface area contributed by atoms with Crippen molar-refractivity contribution in [3.05, 3.63) is 69.8 Å². The second kappa shape index (κ2) is 8.09. The van der Waals surface area contributed by atoms with E-state index in [1.54, 1.807) is 13.4 Å². The van der Waals surface area contributed by atoms with Crippen LogP contribution in [0.15, 0.2) is 48.1 Å². The third-order valence-electron chi connectivity index (χ3n) is 6.32. The number of amides is 1. The minimum Gasteiger partial charge on any atom is -0.345 e. The molecule has 0 unspecified atom stereocenters. The van der Waals surface area contributed by atoms with Crippen LogP contribution >= 0.6 is 11.3 Å². The molecule has 0 bridgehead atoms. The summed E-state index contributed by atoms with van der Waals surface area (Å²) in [4.78, 5) is 24.3. The maximum atomic E-state index is 13.5. The zero-order valence-corrected chi connectivity index (χ0v) is 20.1. The molecular weight excluding hydrogens is 432 g/mol. The van der Waals surface area contributed by atoms with E-state index < -0.39 is 16.9 Å². The van der Waals surface area contributed by atoms with Crippen LogP contribution in [0.5, 0.6) is 0 Å². The second-order valence-electron chi connectivity index (χ2n) is 9.11. The first-order valence-corrected chi connectivity index (χ1v) is 11.5. The van der Waals surface area contributed by atoms with Gasteiger partial charge in [-0.2, -0.15) is 5.26 Å². The van der Waals surface area contributed by atoms with Gasteiger partial charge in [-0.3, -0.25) is 15.1 Å². The molecule has 1 saturated heterocycles. The van der Waals surface area contributed by atoms with Gasteiger partial charge in [0, 0.05) is 28.6 Å². The fourth-order valence-electron chi connectivity index (χ4n) is 4.14. The largest absolute Gasteiger partial charge is 0.345 e. The van der Waals surface area contributed by atoms with Crippen LogP contribution in [-0.2, 0) is 15.7 Å². The Morgan fingerprint density at radius 3 is 2.58 bits per heavy atom. The molecule has 0 aliphatic carbocycles. The molecule has 1 amide bonds. The summed E-state index contributed by atoms with van der Waals surface area (Å²) in [6, 6.07) is 13.9. The van der Waals surface area contributed by atoms with Gasteiger partial charge in [-0.15, -0.1) is 11.3 Å². The number of aromatic nitrogens is 2. The van der Waals surface area contributed by atoms with Gasteiger partial charge >= 0.3 is 0 Å². The van der Waals surface area contributed by atoms with E-state index in [0.29, 0.717) is 0 Å². The Labute approximate surface area is 197 Å². The molecule has 3 heterocycles. The summed E-state index contributed by atoms with van der Waals surface area (Å²) >= 11 is 1.54. The van der Waals surface area contributed by atoms with Crippen LogP contribution in [0.1, 0.15) is 48.4 Å². The molecule has 168 valence electrons. The number of nitriles is 1. The monoisotopic (exact) mass is 458 g/mol. The minimum atomic E-state index is -0.821. The average molecular weight is 459 g/mol. The number of benzene rings is 1. The van der Waals surface area contributed by atoms with Gasteiger partial charge in [0.05, 0.1) is 28.6 Å². The lowest BCUT2D eigenvalue weighted by molar-refractivity contribution is -0.131. The van der Waals surface area contributed by atoms with E-state index in [4.69, 9.17) is 5.41 Å². The van der Waals surface area contributed by atoms with Crippen LogP contribution in [0.4, 0.5) is 0 Å². The molecule has 0 saturated carbocycles. The number of thiophene rings is 1. The number of guanidine groups is 1. The van der Waals surface area contributed by atoms with Gasteiger partial charge in [-0.1, -0.05) is 24.3 Å². The van der Waals surface area contributed by atoms with Gasteiger partial charge < -0.3 is 5.32 Å². The number of likely N-dealkylation sites (N-methyl/N-ethyl adjacent to an activating group) is 1. The van der Waals surface area contributed by atoms with Crippen molar-refractivity contribution in [3.8, 4) is 17.3 Å². The summed E-state index contributed by atoms with van der Waals surface area (Å²) in [6.07, 6.45) is 1.55. The van der Waals surface area contributed by atoms with E-state index >= 15 is 0 Å². The van der Waals surface area contributed by atoms with Crippen molar-refractivity contribution >= 4 is 23.2 Å². The summed E-state index contributed by atoms with van der Waals surface area (Å²) in [5, 5.41) is 23.1. The van der Waals surface area contributed by atoms with Crippen LogP contribution in [-0.4, -0.2) is 33.8 Å². The molecule has 2 aromatic heterocycles. The molecule has 7 nitrogen and oxygen atoms in total. The molecule has 4 rings (SSSR count). The SMILES string of the molecule is Cc1cc(-c2csc([C@@]3(C)NC(=N)N(C)C(=O)[C@@H]3c3ccc(C(C)(C)C#N)cc3)c2)ncn1. The topological polar surface area (TPSA) is 106 Å². The van der Waals surface area contributed by atoms with Crippen LogP contribution < -0.4 is 5.32 Å². The fraction of sp³-hybridized carbons (Fsp3) is 0.320. The number of nitrogens with one attached hydrogen (secondary N) is 2. The van der Waals surface area contributed by atoms with Gasteiger partial charge in [0.1, 0.15) is 6.33 Å². The number of carbonyl (C=O) groups excluding carboxylic acids is 1. The fourth-order valence-corrected chi connectivity index (χ4v) is 5.20. The molecule has 0 radical (unpaired) electrons. The summed E-state index contributed by atoms with van der Waals surface area (Å²) < 4.78 is 0. The van der Waals surface area contributed by atoms with Crippen molar-refractivity contribution in [2.75, 3.05) is 7.05 Å². The van der Waals surface area contributed by atoms with Crippen LogP contribution in [0.25, 0.3) is 11.3 Å². The van der Waals surface area contributed by atoms with E-state index in [1.165, 1.54) is 16.2 Å². The van der Waals surface area contributed by atoms with Gasteiger partial charge in [0.2, 0.25) is 5.91 Å². The van der Waals surface area contributed by atoms with Gasteiger partial charge in [0.25, 0.3) is 0 Å². The molecule has 2 atom stereocenters. The van der Waals surface area contributed by atoms with Crippen molar-refractivity contribution in [2.24, 2.45) is 0 Å². The summed E-state index contributed by atoms with van der Waals surface area (Å²) in [7, 11) is 1.61. The second-order valence-corrected chi connectivity index (χ2v) is 10.0. The highest BCUT2D eigenvalue weighted by atomic mass is 32.1. The Balaban J connectivity index is 1.79. The third kappa shape index (κ3) is 3.89. The van der Waals surface area contributed by atoms with Crippen LogP contribution in [0.2, 0.25) is 0 Å². The van der Waals surface area contributed by atoms with Crippen molar-refractivity contribution < 1.29 is 4.79 Å². The van der Waals surface area contributed by atoms with Crippen LogP contribution in [0.3, 0.4) is 0 Å². The lowest BCUT2D eigenvalue weighted by Gasteiger charge is -2.45.